The van der Waals surface area contributed by atoms with Gasteiger partial charge in [0.05, 0.1) is 25.6 Å². The predicted molar refractivity (Wildman–Crippen MR) is 133 cm³/mol. The fourth-order valence-corrected chi connectivity index (χ4v) is 4.04. The van der Waals surface area contributed by atoms with Crippen LogP contribution in [0.3, 0.4) is 0 Å². The van der Waals surface area contributed by atoms with Crippen molar-refractivity contribution in [2.75, 3.05) is 33.9 Å². The van der Waals surface area contributed by atoms with Crippen molar-refractivity contribution >= 4 is 29.0 Å². The van der Waals surface area contributed by atoms with Crippen molar-refractivity contribution in [3.05, 3.63) is 71.1 Å². The summed E-state index contributed by atoms with van der Waals surface area (Å²) in [7, 11) is 3.07. The number of ether oxygens (including phenoxy) is 2. The first-order valence-electron chi connectivity index (χ1n) is 11.5. The summed E-state index contributed by atoms with van der Waals surface area (Å²) in [6.45, 7) is 0.847. The molecule has 1 amide bonds. The molecule has 3 N–H and O–H groups in total. The zero-order valence-electron chi connectivity index (χ0n) is 20.1. The van der Waals surface area contributed by atoms with Gasteiger partial charge in [-0.3, -0.25) is 9.59 Å². The Balaban J connectivity index is 1.64. The molecule has 1 aromatic carbocycles. The number of nitrogens with zero attached hydrogens (tertiary/aromatic N) is 4. The number of carboxylic acids is 1. The summed E-state index contributed by atoms with van der Waals surface area (Å²) >= 11 is 0. The van der Waals surface area contributed by atoms with E-state index in [1.807, 2.05) is 30.5 Å². The van der Waals surface area contributed by atoms with Gasteiger partial charge in [0.2, 0.25) is 5.88 Å². The number of rotatable bonds is 10. The van der Waals surface area contributed by atoms with Crippen molar-refractivity contribution < 1.29 is 24.2 Å². The zero-order valence-corrected chi connectivity index (χ0v) is 20.1. The third kappa shape index (κ3) is 5.87. The minimum atomic E-state index is -1.01. The van der Waals surface area contributed by atoms with Gasteiger partial charge in [0.25, 0.3) is 5.91 Å². The van der Waals surface area contributed by atoms with Crippen LogP contribution in [0, 0.1) is 0 Å². The Hall–Kier alpha value is -4.25. The summed E-state index contributed by atoms with van der Waals surface area (Å²) in [5, 5.41) is 20.9. The Bertz CT molecular complexity index is 1300. The Labute approximate surface area is 207 Å². The van der Waals surface area contributed by atoms with Crippen molar-refractivity contribution in [1.29, 1.82) is 0 Å². The van der Waals surface area contributed by atoms with E-state index in [0.717, 1.165) is 28.5 Å². The number of H-pyrrole nitrogens is 1. The standard InChI is InChI=1S/C25H28N6O5/c1-35-18-7-8-31(15-18)25(34)21-10-16(9-17-11-27-20-6-4-3-5-19(17)20)22(30-29-21)12-28-23(36-2)13-26-14-24(32)33/h3-6,10-13,18,26-27H,7-9,14-15H2,1-2H3,(H,32,33). The molecule has 1 aliphatic heterocycles. The van der Waals surface area contributed by atoms with E-state index < -0.39 is 5.97 Å². The highest BCUT2D eigenvalue weighted by atomic mass is 16.5. The Morgan fingerprint density at radius 2 is 2.11 bits per heavy atom. The number of aliphatic carboxylic acids is 1. The van der Waals surface area contributed by atoms with E-state index in [-0.39, 0.29) is 30.1 Å². The minimum Gasteiger partial charge on any atom is -0.480 e. The summed E-state index contributed by atoms with van der Waals surface area (Å²) in [5.41, 5.74) is 3.53. The number of hydrogen-bond acceptors (Lipinski definition) is 8. The topological polar surface area (TPSA) is 142 Å². The van der Waals surface area contributed by atoms with Gasteiger partial charge in [0, 0.05) is 43.7 Å². The average molecular weight is 493 g/mol. The van der Waals surface area contributed by atoms with Crippen molar-refractivity contribution in [1.82, 2.24) is 25.4 Å². The smallest absolute Gasteiger partial charge is 0.322 e. The maximum atomic E-state index is 13.1. The number of aromatic nitrogens is 3. The molecule has 11 heteroatoms. The number of likely N-dealkylation sites (tertiary alicyclic amines) is 1. The lowest BCUT2D eigenvalue weighted by molar-refractivity contribution is -0.135. The first kappa shape index (κ1) is 24.9. The van der Waals surface area contributed by atoms with E-state index in [4.69, 9.17) is 14.6 Å². The van der Waals surface area contributed by atoms with Crippen LogP contribution in [0.5, 0.6) is 0 Å². The third-order valence-electron chi connectivity index (χ3n) is 5.95. The number of para-hydroxylation sites is 1. The van der Waals surface area contributed by atoms with Gasteiger partial charge < -0.3 is 29.8 Å². The third-order valence-corrected chi connectivity index (χ3v) is 5.95. The van der Waals surface area contributed by atoms with Gasteiger partial charge in [-0.2, -0.15) is 0 Å². The van der Waals surface area contributed by atoms with E-state index >= 15 is 0 Å². The van der Waals surface area contributed by atoms with Crippen molar-refractivity contribution in [3.8, 4) is 0 Å². The van der Waals surface area contributed by atoms with Crippen LogP contribution in [-0.2, 0) is 20.7 Å². The largest absolute Gasteiger partial charge is 0.480 e. The Kier molecular flexibility index (Phi) is 7.91. The number of nitrogens with one attached hydrogen (secondary N) is 2. The van der Waals surface area contributed by atoms with E-state index in [1.54, 1.807) is 18.1 Å². The van der Waals surface area contributed by atoms with Crippen LogP contribution in [0.4, 0.5) is 0 Å². The van der Waals surface area contributed by atoms with Gasteiger partial charge in [-0.25, -0.2) is 4.99 Å². The van der Waals surface area contributed by atoms with Gasteiger partial charge in [0.15, 0.2) is 5.69 Å². The number of carbonyl (C=O) groups is 2. The fraction of sp³-hybridized carbons (Fsp3) is 0.320. The number of aromatic amines is 1. The molecule has 3 heterocycles. The van der Waals surface area contributed by atoms with E-state index in [9.17, 15) is 9.59 Å². The molecule has 1 saturated heterocycles. The van der Waals surface area contributed by atoms with Crippen LogP contribution in [0.15, 0.2) is 53.6 Å². The quantitative estimate of drug-likeness (QED) is 0.288. The molecule has 4 rings (SSSR count). The Morgan fingerprint density at radius 3 is 2.86 bits per heavy atom. The highest BCUT2D eigenvalue weighted by Crippen LogP contribution is 2.23. The molecule has 0 aliphatic carbocycles. The number of carbonyl (C=O) groups excluding carboxylic acids is 1. The molecule has 1 fully saturated rings. The lowest BCUT2D eigenvalue weighted by atomic mass is 10.0. The maximum Gasteiger partial charge on any atom is 0.322 e. The summed E-state index contributed by atoms with van der Waals surface area (Å²) in [6.07, 6.45) is 6.08. The first-order chi connectivity index (χ1) is 17.5. The molecule has 0 radical (unpaired) electrons. The Morgan fingerprint density at radius 1 is 1.28 bits per heavy atom. The molecule has 0 bridgehead atoms. The van der Waals surface area contributed by atoms with Crippen molar-refractivity contribution in [2.24, 2.45) is 4.99 Å². The number of aliphatic imine (C=N–C) groups is 1. The number of amides is 1. The lowest BCUT2D eigenvalue weighted by Crippen LogP contribution is -2.31. The molecule has 11 nitrogen and oxygen atoms in total. The fourth-order valence-electron chi connectivity index (χ4n) is 4.04. The molecule has 0 spiro atoms. The SMILES string of the molecule is COC(=CNCC(=O)O)N=Cc1nnc(C(=O)N2CCC(OC)C2)cc1Cc1c[nH]c2ccccc12. The van der Waals surface area contributed by atoms with Crippen LogP contribution < -0.4 is 5.32 Å². The van der Waals surface area contributed by atoms with Gasteiger partial charge in [-0.05, 0) is 29.7 Å². The van der Waals surface area contributed by atoms with Crippen LogP contribution in [0.25, 0.3) is 10.9 Å². The van der Waals surface area contributed by atoms with E-state index in [1.165, 1.54) is 19.5 Å². The van der Waals surface area contributed by atoms with Gasteiger partial charge in [0.1, 0.15) is 12.2 Å². The van der Waals surface area contributed by atoms with E-state index in [0.29, 0.717) is 25.2 Å². The second-order valence-corrected chi connectivity index (χ2v) is 8.29. The minimum absolute atomic E-state index is 0.0213. The second-order valence-electron chi connectivity index (χ2n) is 8.29. The number of carboxylic acid groups (broad SMARTS) is 1. The predicted octanol–water partition coefficient (Wildman–Crippen LogP) is 1.95. The van der Waals surface area contributed by atoms with Crippen LogP contribution in [0.1, 0.15) is 33.7 Å². The molecule has 0 saturated carbocycles. The molecule has 1 unspecified atom stereocenters. The summed E-state index contributed by atoms with van der Waals surface area (Å²) in [5.74, 6) is -1.03. The summed E-state index contributed by atoms with van der Waals surface area (Å²) in [6, 6.07) is 9.72. The maximum absolute atomic E-state index is 13.1. The lowest BCUT2D eigenvalue weighted by Gasteiger charge is -2.16. The second kappa shape index (κ2) is 11.5. The number of benzene rings is 1. The normalized spacial score (nSPS) is 16.1. The number of methoxy groups -OCH3 is 2. The van der Waals surface area contributed by atoms with Gasteiger partial charge in [-0.1, -0.05) is 18.2 Å². The first-order valence-corrected chi connectivity index (χ1v) is 11.5. The monoisotopic (exact) mass is 492 g/mol. The molecule has 188 valence electrons. The molecule has 36 heavy (non-hydrogen) atoms. The molecule has 3 aromatic rings. The highest BCUT2D eigenvalue weighted by molar-refractivity contribution is 5.93. The number of fused-ring (bicyclic) bond motifs is 1. The highest BCUT2D eigenvalue weighted by Gasteiger charge is 2.28. The van der Waals surface area contributed by atoms with Crippen molar-refractivity contribution in [3.63, 3.8) is 0 Å². The van der Waals surface area contributed by atoms with Gasteiger partial charge >= 0.3 is 5.97 Å². The molecule has 2 aromatic heterocycles. The van der Waals surface area contributed by atoms with Gasteiger partial charge in [-0.15, -0.1) is 10.2 Å². The average Bonchev–Trinajstić information content (AvgIpc) is 3.53. The van der Waals surface area contributed by atoms with Crippen LogP contribution >= 0.6 is 0 Å². The van der Waals surface area contributed by atoms with E-state index in [2.05, 4.69) is 25.5 Å². The van der Waals surface area contributed by atoms with Crippen molar-refractivity contribution in [2.45, 2.75) is 18.9 Å². The zero-order chi connectivity index (χ0) is 25.5. The molecule has 1 aliphatic rings. The molecule has 1 atom stereocenters. The summed E-state index contributed by atoms with van der Waals surface area (Å²) in [4.78, 5) is 33.1. The molecular formula is C25H28N6O5. The van der Waals surface area contributed by atoms with Crippen LogP contribution in [0.2, 0.25) is 0 Å². The molecular weight excluding hydrogens is 464 g/mol. The summed E-state index contributed by atoms with van der Waals surface area (Å²) < 4.78 is 10.6. The number of hydrogen-bond donors (Lipinski definition) is 3. The van der Waals surface area contributed by atoms with Crippen LogP contribution in [-0.4, -0.2) is 83.2 Å².